The third-order valence-corrected chi connectivity index (χ3v) is 7.93. The van der Waals surface area contributed by atoms with E-state index in [-0.39, 0.29) is 36.1 Å². The van der Waals surface area contributed by atoms with Crippen LogP contribution in [0.1, 0.15) is 27.9 Å². The number of Topliss-reactive ketones (excluding diaryl/α,β-unsaturated/α-hetero) is 2. The van der Waals surface area contributed by atoms with E-state index in [0.29, 0.717) is 0 Å². The number of benzene rings is 1. The van der Waals surface area contributed by atoms with Crippen molar-refractivity contribution in [1.29, 1.82) is 0 Å². The lowest BCUT2D eigenvalue weighted by Crippen LogP contribution is -2.63. The molecular weight excluding hydrogens is 491 g/mol. The third kappa shape index (κ3) is 3.04. The van der Waals surface area contributed by atoms with E-state index < -0.39 is 92.7 Å². The molecule has 0 saturated carbocycles. The van der Waals surface area contributed by atoms with Gasteiger partial charge < -0.3 is 37.2 Å². The van der Waals surface area contributed by atoms with Crippen LogP contribution in [0.15, 0.2) is 22.7 Å². The maximum Gasteiger partial charge on any atom is 0.255 e. The Bertz CT molecular complexity index is 1400. The molecule has 0 radical (unpaired) electrons. The summed E-state index contributed by atoms with van der Waals surface area (Å²) in [5.41, 5.74) is 5.84. The molecule has 1 heterocycles. The van der Waals surface area contributed by atoms with E-state index in [1.807, 2.05) is 0 Å². The zero-order valence-corrected chi connectivity index (χ0v) is 19.8. The standard InChI is InChI=1S/C24H25FN4O8/c1-29(2)16-9-4-6-3-7-12(18(31)15-8(14(7)25)5-10(26)23(36)28-15)17(30)11(6)20(33)24(9,37)21(34)13(19(16)32)22(27)35/h6,9-10,16,31-33,37H,3-5,26H2,1-2H3,(H2,27,35)(H,28,36)/t6-,9-,10?,16-,24-/m1/s1. The number of carbonyl (C=O) groups excluding carboxylic acids is 4. The lowest BCUT2D eigenvalue weighted by molar-refractivity contribution is -0.148. The average molecular weight is 516 g/mol. The lowest BCUT2D eigenvalue weighted by Gasteiger charge is -2.50. The monoisotopic (exact) mass is 516 g/mol. The van der Waals surface area contributed by atoms with Gasteiger partial charge in [-0.1, -0.05) is 0 Å². The maximum absolute atomic E-state index is 15.7. The molecule has 5 atom stereocenters. The number of allylic oxidation sites excluding steroid dienone is 1. The second kappa shape index (κ2) is 7.84. The van der Waals surface area contributed by atoms with Crippen molar-refractivity contribution >= 4 is 29.1 Å². The minimum atomic E-state index is -2.80. The van der Waals surface area contributed by atoms with Gasteiger partial charge in [-0.05, 0) is 32.9 Å². The minimum Gasteiger partial charge on any atom is -0.510 e. The summed E-state index contributed by atoms with van der Waals surface area (Å²) in [5, 5.41) is 46.7. The number of aliphatic hydroxyl groups is 3. The number of nitrogens with two attached hydrogens (primary N) is 2. The molecule has 0 aromatic heterocycles. The topological polar surface area (TPSA) is 217 Å². The Labute approximate surface area is 209 Å². The fourth-order valence-corrected chi connectivity index (χ4v) is 6.25. The molecule has 3 aliphatic carbocycles. The number of hydrogen-bond donors (Lipinski definition) is 7. The highest BCUT2D eigenvalue weighted by Crippen LogP contribution is 2.53. The quantitative estimate of drug-likeness (QED) is 0.189. The van der Waals surface area contributed by atoms with E-state index >= 15 is 4.39 Å². The molecule has 1 aromatic carbocycles. The summed E-state index contributed by atoms with van der Waals surface area (Å²) in [6.45, 7) is 0. The van der Waals surface area contributed by atoms with Gasteiger partial charge in [-0.3, -0.25) is 24.1 Å². The van der Waals surface area contributed by atoms with E-state index in [2.05, 4.69) is 5.32 Å². The van der Waals surface area contributed by atoms with Crippen LogP contribution in [0.25, 0.3) is 0 Å². The molecule has 13 heteroatoms. The van der Waals surface area contributed by atoms with Crippen molar-refractivity contribution in [2.75, 3.05) is 19.4 Å². The van der Waals surface area contributed by atoms with E-state index in [1.165, 1.54) is 19.0 Å². The van der Waals surface area contributed by atoms with Crippen LogP contribution in [0.3, 0.4) is 0 Å². The number of likely N-dealkylation sites (N-methyl/N-ethyl adjacent to an activating group) is 1. The fraction of sp³-hybridized carbons (Fsp3) is 0.417. The summed E-state index contributed by atoms with van der Waals surface area (Å²) in [6.07, 6.45) is -0.585. The van der Waals surface area contributed by atoms with Crippen molar-refractivity contribution in [1.82, 2.24) is 4.90 Å². The van der Waals surface area contributed by atoms with Gasteiger partial charge in [0.2, 0.25) is 11.7 Å². The Morgan fingerprint density at radius 3 is 2.38 bits per heavy atom. The number of halogens is 1. The van der Waals surface area contributed by atoms with Crippen molar-refractivity contribution < 1.29 is 44.0 Å². The van der Waals surface area contributed by atoms with Crippen LogP contribution in [0.5, 0.6) is 5.75 Å². The fourth-order valence-electron chi connectivity index (χ4n) is 6.25. The molecule has 12 nitrogen and oxygen atoms in total. The third-order valence-electron chi connectivity index (χ3n) is 7.93. The Morgan fingerprint density at radius 2 is 1.78 bits per heavy atom. The first-order valence-electron chi connectivity index (χ1n) is 11.5. The van der Waals surface area contributed by atoms with Gasteiger partial charge in [0.15, 0.2) is 17.1 Å². The summed E-state index contributed by atoms with van der Waals surface area (Å²) in [5.74, 6) is -9.89. The SMILES string of the molecule is CN(C)[C@H]1C(O)=C(C(N)=O)C(=O)[C@]2(O)C(O)=C3C(=O)c4c(O)c5c(c(F)c4C[C@@H]3C[C@H]12)CC(N)C(=O)N5. The maximum atomic E-state index is 15.7. The molecule has 196 valence electrons. The molecule has 0 saturated heterocycles. The molecule has 37 heavy (non-hydrogen) atoms. The van der Waals surface area contributed by atoms with Crippen LogP contribution in [0.2, 0.25) is 0 Å². The van der Waals surface area contributed by atoms with Crippen molar-refractivity contribution in [3.05, 3.63) is 45.2 Å². The number of amides is 2. The zero-order chi connectivity index (χ0) is 27.3. The number of hydrogen-bond acceptors (Lipinski definition) is 10. The molecule has 5 rings (SSSR count). The van der Waals surface area contributed by atoms with Crippen LogP contribution in [0, 0.1) is 17.7 Å². The van der Waals surface area contributed by atoms with Crippen molar-refractivity contribution in [2.45, 2.75) is 36.9 Å². The predicted octanol–water partition coefficient (Wildman–Crippen LogP) is -0.918. The summed E-state index contributed by atoms with van der Waals surface area (Å²) >= 11 is 0. The summed E-state index contributed by atoms with van der Waals surface area (Å²) in [6, 6.07) is -2.22. The molecule has 1 aliphatic heterocycles. The van der Waals surface area contributed by atoms with Gasteiger partial charge in [0.1, 0.15) is 22.9 Å². The minimum absolute atomic E-state index is 0.0641. The highest BCUT2D eigenvalue weighted by atomic mass is 19.1. The molecule has 1 aromatic rings. The molecular formula is C24H25FN4O8. The summed E-state index contributed by atoms with van der Waals surface area (Å²) in [4.78, 5) is 52.4. The Hall–Kier alpha value is -3.81. The smallest absolute Gasteiger partial charge is 0.255 e. The summed E-state index contributed by atoms with van der Waals surface area (Å²) in [7, 11) is 3.02. The zero-order valence-electron chi connectivity index (χ0n) is 19.8. The van der Waals surface area contributed by atoms with Gasteiger partial charge in [0.05, 0.1) is 23.3 Å². The first kappa shape index (κ1) is 24.9. The number of rotatable bonds is 2. The molecule has 2 amide bonds. The van der Waals surface area contributed by atoms with Crippen LogP contribution in [-0.4, -0.2) is 80.5 Å². The van der Waals surface area contributed by atoms with Crippen LogP contribution < -0.4 is 16.8 Å². The number of phenols is 1. The summed E-state index contributed by atoms with van der Waals surface area (Å²) < 4.78 is 15.7. The van der Waals surface area contributed by atoms with E-state index in [4.69, 9.17) is 11.5 Å². The number of aromatic hydroxyl groups is 1. The number of ketones is 2. The number of anilines is 1. The number of nitrogens with one attached hydrogen (secondary N) is 1. The van der Waals surface area contributed by atoms with Gasteiger partial charge >= 0.3 is 0 Å². The molecule has 9 N–H and O–H groups in total. The number of phenolic OH excluding ortho intramolecular Hbond substituents is 1. The molecule has 0 spiro atoms. The van der Waals surface area contributed by atoms with Crippen molar-refractivity contribution in [3.8, 4) is 5.75 Å². The first-order valence-corrected chi connectivity index (χ1v) is 11.5. The molecule has 0 fully saturated rings. The normalized spacial score (nSPS) is 31.0. The number of carbonyl (C=O) groups is 4. The van der Waals surface area contributed by atoms with Crippen molar-refractivity contribution in [3.63, 3.8) is 0 Å². The van der Waals surface area contributed by atoms with E-state index in [1.54, 1.807) is 0 Å². The number of nitrogens with zero attached hydrogens (tertiary/aromatic N) is 1. The molecule has 0 bridgehead atoms. The second-order valence-corrected chi connectivity index (χ2v) is 10.1. The van der Waals surface area contributed by atoms with Gasteiger partial charge in [0.25, 0.3) is 5.91 Å². The Kier molecular flexibility index (Phi) is 5.27. The Morgan fingerprint density at radius 1 is 1.14 bits per heavy atom. The molecule has 1 unspecified atom stereocenters. The van der Waals surface area contributed by atoms with Crippen LogP contribution in [-0.2, 0) is 27.2 Å². The Balaban J connectivity index is 1.73. The predicted molar refractivity (Wildman–Crippen MR) is 124 cm³/mol. The van der Waals surface area contributed by atoms with Gasteiger partial charge in [-0.15, -0.1) is 0 Å². The van der Waals surface area contributed by atoms with E-state index in [9.17, 15) is 39.6 Å². The number of primary amides is 1. The highest BCUT2D eigenvalue weighted by molar-refractivity contribution is 6.25. The number of fused-ring (bicyclic) bond motifs is 4. The molecule has 4 aliphatic rings. The first-order chi connectivity index (χ1) is 17.2. The van der Waals surface area contributed by atoms with Gasteiger partial charge in [-0.25, -0.2) is 4.39 Å². The van der Waals surface area contributed by atoms with E-state index in [0.717, 1.165) is 0 Å². The largest absolute Gasteiger partial charge is 0.510 e. The highest BCUT2D eigenvalue weighted by Gasteiger charge is 2.63. The van der Waals surface area contributed by atoms with Crippen LogP contribution >= 0.6 is 0 Å². The lowest BCUT2D eigenvalue weighted by atomic mass is 9.58. The average Bonchev–Trinajstić information content (AvgIpc) is 2.80. The van der Waals surface area contributed by atoms with Gasteiger partial charge in [0, 0.05) is 29.0 Å². The second-order valence-electron chi connectivity index (χ2n) is 10.1. The number of aliphatic hydroxyl groups excluding tert-OH is 2. The van der Waals surface area contributed by atoms with Crippen molar-refractivity contribution in [2.24, 2.45) is 23.3 Å². The van der Waals surface area contributed by atoms with Crippen LogP contribution in [0.4, 0.5) is 10.1 Å². The van der Waals surface area contributed by atoms with Gasteiger partial charge in [-0.2, -0.15) is 0 Å².